The quantitative estimate of drug-likeness (QED) is 0.733. The van der Waals surface area contributed by atoms with Crippen molar-refractivity contribution in [3.05, 3.63) is 36.7 Å². The number of anilines is 1. The second kappa shape index (κ2) is 4.89. The number of benzene rings is 1. The number of carbonyl (C=O) groups excluding carboxylic acids is 1. The molecule has 2 heterocycles. The number of nitrogens with zero attached hydrogens (tertiary/aromatic N) is 4. The van der Waals surface area contributed by atoms with E-state index in [1.54, 1.807) is 17.1 Å². The Bertz CT molecular complexity index is 654. The second-order valence-corrected chi connectivity index (χ2v) is 4.07. The van der Waals surface area contributed by atoms with Crippen LogP contribution in [0.2, 0.25) is 0 Å². The third-order valence-corrected chi connectivity index (χ3v) is 2.69. The van der Waals surface area contributed by atoms with Crippen LogP contribution in [0.1, 0.15) is 6.42 Å². The van der Waals surface area contributed by atoms with Gasteiger partial charge in [-0.3, -0.25) is 14.8 Å². The van der Waals surface area contributed by atoms with Gasteiger partial charge in [0.1, 0.15) is 0 Å². The molecule has 0 radical (unpaired) electrons. The SMILES string of the molecule is O=C(CCn1ccnn1)Nc1nc2ccccc2[nH]1. The molecule has 19 heavy (non-hydrogen) atoms. The summed E-state index contributed by atoms with van der Waals surface area (Å²) in [7, 11) is 0. The van der Waals surface area contributed by atoms with Crippen molar-refractivity contribution < 1.29 is 4.79 Å². The average molecular weight is 256 g/mol. The first-order valence-electron chi connectivity index (χ1n) is 5.90. The van der Waals surface area contributed by atoms with E-state index in [1.165, 1.54) is 0 Å². The van der Waals surface area contributed by atoms with Gasteiger partial charge in [-0.1, -0.05) is 17.3 Å². The number of rotatable bonds is 4. The highest BCUT2D eigenvalue weighted by molar-refractivity contribution is 5.90. The van der Waals surface area contributed by atoms with Crippen molar-refractivity contribution in [1.82, 2.24) is 25.0 Å². The molecule has 0 atom stereocenters. The molecule has 7 nitrogen and oxygen atoms in total. The molecule has 0 aliphatic heterocycles. The first kappa shape index (κ1) is 11.4. The third kappa shape index (κ3) is 2.59. The summed E-state index contributed by atoms with van der Waals surface area (Å²) in [5.74, 6) is 0.347. The molecule has 0 fully saturated rings. The molecule has 0 spiro atoms. The van der Waals surface area contributed by atoms with Gasteiger partial charge < -0.3 is 4.98 Å². The maximum absolute atomic E-state index is 11.8. The lowest BCUT2D eigenvalue weighted by Gasteiger charge is -2.01. The Hall–Kier alpha value is -2.70. The van der Waals surface area contributed by atoms with E-state index < -0.39 is 0 Å². The van der Waals surface area contributed by atoms with E-state index in [2.05, 4.69) is 25.6 Å². The standard InChI is InChI=1S/C12H12N6O/c19-11(5-7-18-8-6-13-17-18)16-12-14-9-3-1-2-4-10(9)15-12/h1-4,6,8H,5,7H2,(H2,14,15,16,19). The van der Waals surface area contributed by atoms with E-state index in [4.69, 9.17) is 0 Å². The summed E-state index contributed by atoms with van der Waals surface area (Å²) in [4.78, 5) is 19.1. The topological polar surface area (TPSA) is 88.5 Å². The van der Waals surface area contributed by atoms with Crippen LogP contribution >= 0.6 is 0 Å². The Balaban J connectivity index is 1.62. The first-order valence-corrected chi connectivity index (χ1v) is 5.90. The Kier molecular flexibility index (Phi) is 2.93. The zero-order valence-electron chi connectivity index (χ0n) is 10.1. The highest BCUT2D eigenvalue weighted by Gasteiger charge is 2.06. The van der Waals surface area contributed by atoms with Crippen LogP contribution in [-0.4, -0.2) is 30.9 Å². The van der Waals surface area contributed by atoms with Gasteiger partial charge in [0.15, 0.2) is 0 Å². The first-order chi connectivity index (χ1) is 9.31. The molecular weight excluding hydrogens is 244 g/mol. The normalized spacial score (nSPS) is 10.7. The smallest absolute Gasteiger partial charge is 0.228 e. The van der Waals surface area contributed by atoms with Crippen molar-refractivity contribution in [3.63, 3.8) is 0 Å². The molecular formula is C12H12N6O. The van der Waals surface area contributed by atoms with Crippen molar-refractivity contribution in [1.29, 1.82) is 0 Å². The summed E-state index contributed by atoms with van der Waals surface area (Å²) in [5, 5.41) is 10.2. The molecule has 7 heteroatoms. The minimum atomic E-state index is -0.116. The molecule has 1 amide bonds. The largest absolute Gasteiger partial charge is 0.324 e. The van der Waals surface area contributed by atoms with E-state index in [-0.39, 0.29) is 5.91 Å². The van der Waals surface area contributed by atoms with Gasteiger partial charge in [-0.25, -0.2) is 4.98 Å². The Morgan fingerprint density at radius 2 is 2.26 bits per heavy atom. The van der Waals surface area contributed by atoms with Gasteiger partial charge in [-0.2, -0.15) is 0 Å². The molecule has 0 saturated carbocycles. The number of H-pyrrole nitrogens is 1. The zero-order chi connectivity index (χ0) is 13.1. The van der Waals surface area contributed by atoms with Crippen molar-refractivity contribution in [2.45, 2.75) is 13.0 Å². The van der Waals surface area contributed by atoms with Crippen LogP contribution in [0.4, 0.5) is 5.95 Å². The number of carbonyl (C=O) groups is 1. The van der Waals surface area contributed by atoms with Gasteiger partial charge in [0, 0.05) is 12.6 Å². The molecule has 2 aromatic heterocycles. The molecule has 0 aliphatic rings. The van der Waals surface area contributed by atoms with E-state index in [9.17, 15) is 4.79 Å². The molecule has 96 valence electrons. The minimum Gasteiger partial charge on any atom is -0.324 e. The summed E-state index contributed by atoms with van der Waals surface area (Å²) >= 11 is 0. The number of amides is 1. The lowest BCUT2D eigenvalue weighted by atomic mass is 10.3. The van der Waals surface area contributed by atoms with Crippen molar-refractivity contribution >= 4 is 22.9 Å². The van der Waals surface area contributed by atoms with Crippen molar-refractivity contribution in [3.8, 4) is 0 Å². The highest BCUT2D eigenvalue weighted by atomic mass is 16.1. The van der Waals surface area contributed by atoms with Gasteiger partial charge in [-0.15, -0.1) is 5.10 Å². The second-order valence-electron chi connectivity index (χ2n) is 4.07. The van der Waals surface area contributed by atoms with Crippen molar-refractivity contribution in [2.75, 3.05) is 5.32 Å². The molecule has 0 unspecified atom stereocenters. The van der Waals surface area contributed by atoms with Crippen molar-refractivity contribution in [2.24, 2.45) is 0 Å². The molecule has 2 N–H and O–H groups in total. The number of aromatic amines is 1. The predicted molar refractivity (Wildman–Crippen MR) is 69.4 cm³/mol. The number of hydrogen-bond donors (Lipinski definition) is 2. The highest BCUT2D eigenvalue weighted by Crippen LogP contribution is 2.13. The summed E-state index contributed by atoms with van der Waals surface area (Å²) in [6.45, 7) is 0.492. The van der Waals surface area contributed by atoms with Crippen LogP contribution in [0, 0.1) is 0 Å². The fourth-order valence-electron chi connectivity index (χ4n) is 1.77. The van der Waals surface area contributed by atoms with Crippen LogP contribution in [0.15, 0.2) is 36.7 Å². The number of hydrogen-bond acceptors (Lipinski definition) is 4. The minimum absolute atomic E-state index is 0.116. The lowest BCUT2D eigenvalue weighted by Crippen LogP contribution is -2.15. The summed E-state index contributed by atoms with van der Waals surface area (Å²) in [6, 6.07) is 7.61. The summed E-state index contributed by atoms with van der Waals surface area (Å²) in [6.07, 6.45) is 3.62. The Morgan fingerprint density at radius 1 is 1.37 bits per heavy atom. The van der Waals surface area contributed by atoms with Gasteiger partial charge >= 0.3 is 0 Å². The third-order valence-electron chi connectivity index (χ3n) is 2.69. The zero-order valence-corrected chi connectivity index (χ0v) is 10.1. The van der Waals surface area contributed by atoms with Crippen LogP contribution in [-0.2, 0) is 11.3 Å². The molecule has 3 rings (SSSR count). The van der Waals surface area contributed by atoms with Gasteiger partial charge in [0.2, 0.25) is 11.9 Å². The molecule has 0 aliphatic carbocycles. The average Bonchev–Trinajstić information content (AvgIpc) is 3.04. The summed E-state index contributed by atoms with van der Waals surface area (Å²) < 4.78 is 1.61. The number of fused-ring (bicyclic) bond motifs is 1. The van der Waals surface area contributed by atoms with E-state index in [1.807, 2.05) is 24.3 Å². The predicted octanol–water partition coefficient (Wildman–Crippen LogP) is 1.18. The fraction of sp³-hybridized carbons (Fsp3) is 0.167. The molecule has 0 bridgehead atoms. The number of para-hydroxylation sites is 2. The van der Waals surface area contributed by atoms with E-state index >= 15 is 0 Å². The Labute approximate surface area is 108 Å². The lowest BCUT2D eigenvalue weighted by molar-refractivity contribution is -0.116. The number of nitrogens with one attached hydrogen (secondary N) is 2. The van der Waals surface area contributed by atoms with Gasteiger partial charge in [0.05, 0.1) is 23.8 Å². The molecule has 3 aromatic rings. The van der Waals surface area contributed by atoms with Crippen LogP contribution in [0.25, 0.3) is 11.0 Å². The molecule has 1 aromatic carbocycles. The number of aromatic nitrogens is 5. The van der Waals surface area contributed by atoms with Gasteiger partial charge in [0.25, 0.3) is 0 Å². The Morgan fingerprint density at radius 3 is 3.05 bits per heavy atom. The van der Waals surface area contributed by atoms with Crippen LogP contribution in [0.5, 0.6) is 0 Å². The van der Waals surface area contributed by atoms with Gasteiger partial charge in [-0.05, 0) is 12.1 Å². The maximum Gasteiger partial charge on any atom is 0.228 e. The van der Waals surface area contributed by atoms with E-state index in [0.29, 0.717) is 18.9 Å². The number of imidazole rings is 1. The summed E-state index contributed by atoms with van der Waals surface area (Å²) in [5.41, 5.74) is 1.73. The molecule has 0 saturated heterocycles. The van der Waals surface area contributed by atoms with Crippen LogP contribution < -0.4 is 5.32 Å². The van der Waals surface area contributed by atoms with Crippen LogP contribution in [0.3, 0.4) is 0 Å². The fourth-order valence-corrected chi connectivity index (χ4v) is 1.77. The number of aryl methyl sites for hydroxylation is 1. The van der Waals surface area contributed by atoms with E-state index in [0.717, 1.165) is 11.0 Å². The maximum atomic E-state index is 11.8. The monoisotopic (exact) mass is 256 g/mol.